The van der Waals surface area contributed by atoms with E-state index in [1.807, 2.05) is 0 Å². The number of hydrogen-bond donors (Lipinski definition) is 1. The van der Waals surface area contributed by atoms with Crippen LogP contribution in [0, 0.1) is 6.92 Å². The van der Waals surface area contributed by atoms with Crippen LogP contribution in [0.15, 0.2) is 78.9 Å². The molecule has 3 nitrogen and oxygen atoms in total. The maximum Gasteiger partial charge on any atom is 0.0630 e. The van der Waals surface area contributed by atoms with Gasteiger partial charge in [-0.25, -0.2) is 0 Å². The Morgan fingerprint density at radius 1 is 0.767 bits per heavy atom. The standard InChI is InChI=1S/C27H29N3/c1-20-12-14-22(15-13-20)27(30-18-16-29(2)17-19-30)25-23-10-6-7-11-24(23)28-26(25)21-8-4-3-5-9-21/h3-15,27-28H,16-19H2,1-2H3. The Morgan fingerprint density at radius 2 is 1.43 bits per heavy atom. The molecule has 1 saturated heterocycles. The summed E-state index contributed by atoms with van der Waals surface area (Å²) in [5.74, 6) is 0. The van der Waals surface area contributed by atoms with Gasteiger partial charge >= 0.3 is 0 Å². The van der Waals surface area contributed by atoms with Gasteiger partial charge in [0, 0.05) is 42.6 Å². The number of nitrogens with zero attached hydrogens (tertiary/aromatic N) is 2. The minimum absolute atomic E-state index is 0.227. The number of likely N-dealkylation sites (N-methyl/N-ethyl adjacent to an activating group) is 1. The summed E-state index contributed by atoms with van der Waals surface area (Å²) in [5.41, 5.74) is 7.75. The predicted octanol–water partition coefficient (Wildman–Crippen LogP) is 5.48. The molecule has 5 rings (SSSR count). The molecule has 30 heavy (non-hydrogen) atoms. The number of para-hydroxylation sites is 1. The van der Waals surface area contributed by atoms with Crippen LogP contribution < -0.4 is 0 Å². The lowest BCUT2D eigenvalue weighted by Crippen LogP contribution is -2.46. The third-order valence-electron chi connectivity index (χ3n) is 6.38. The van der Waals surface area contributed by atoms with Crippen LogP contribution in [0.2, 0.25) is 0 Å². The zero-order valence-electron chi connectivity index (χ0n) is 17.8. The van der Waals surface area contributed by atoms with Crippen LogP contribution in [0.25, 0.3) is 22.2 Å². The highest BCUT2D eigenvalue weighted by molar-refractivity contribution is 5.91. The lowest BCUT2D eigenvalue weighted by molar-refractivity contribution is 0.128. The van der Waals surface area contributed by atoms with Gasteiger partial charge in [-0.15, -0.1) is 0 Å². The van der Waals surface area contributed by atoms with E-state index in [1.54, 1.807) is 0 Å². The van der Waals surface area contributed by atoms with E-state index in [4.69, 9.17) is 0 Å². The Hall–Kier alpha value is -2.88. The maximum absolute atomic E-state index is 3.75. The summed E-state index contributed by atoms with van der Waals surface area (Å²) in [6.45, 7) is 6.51. The molecule has 0 radical (unpaired) electrons. The number of nitrogens with one attached hydrogen (secondary N) is 1. The van der Waals surface area contributed by atoms with Crippen molar-refractivity contribution >= 4 is 10.9 Å². The van der Waals surface area contributed by atoms with Crippen LogP contribution in [-0.4, -0.2) is 48.0 Å². The fourth-order valence-electron chi connectivity index (χ4n) is 4.67. The third-order valence-corrected chi connectivity index (χ3v) is 6.38. The summed E-state index contributed by atoms with van der Waals surface area (Å²) in [6, 6.07) is 28.9. The molecule has 0 bridgehead atoms. The first kappa shape index (κ1) is 19.1. The molecule has 0 amide bonds. The van der Waals surface area contributed by atoms with Gasteiger partial charge in [0.2, 0.25) is 0 Å². The van der Waals surface area contributed by atoms with Crippen molar-refractivity contribution in [2.24, 2.45) is 0 Å². The summed E-state index contributed by atoms with van der Waals surface area (Å²) in [4.78, 5) is 8.84. The SMILES string of the molecule is Cc1ccc(C(c2c(-c3ccccc3)[nH]c3ccccc23)N2CCN(C)CC2)cc1. The monoisotopic (exact) mass is 395 g/mol. The lowest BCUT2D eigenvalue weighted by Gasteiger charge is -2.38. The zero-order valence-corrected chi connectivity index (χ0v) is 17.8. The molecule has 1 aliphatic heterocycles. The Balaban J connectivity index is 1.73. The van der Waals surface area contributed by atoms with Gasteiger partial charge in [0.25, 0.3) is 0 Å². The molecule has 0 spiro atoms. The van der Waals surface area contributed by atoms with Gasteiger partial charge in [-0.05, 0) is 31.2 Å². The molecule has 0 saturated carbocycles. The fraction of sp³-hybridized carbons (Fsp3) is 0.259. The first-order valence-corrected chi connectivity index (χ1v) is 10.9. The summed E-state index contributed by atoms with van der Waals surface area (Å²) in [7, 11) is 2.22. The smallest absolute Gasteiger partial charge is 0.0630 e. The first-order chi connectivity index (χ1) is 14.7. The number of hydrogen-bond acceptors (Lipinski definition) is 2. The second-order valence-corrected chi connectivity index (χ2v) is 8.48. The number of piperazine rings is 1. The van der Waals surface area contributed by atoms with Crippen LogP contribution in [-0.2, 0) is 0 Å². The van der Waals surface area contributed by atoms with Gasteiger partial charge in [-0.2, -0.15) is 0 Å². The van der Waals surface area contributed by atoms with Gasteiger partial charge in [-0.3, -0.25) is 4.90 Å². The van der Waals surface area contributed by atoms with Gasteiger partial charge in [0.15, 0.2) is 0 Å². The molecule has 1 aromatic heterocycles. The van der Waals surface area contributed by atoms with Crippen molar-refractivity contribution in [3.05, 3.63) is 95.6 Å². The van der Waals surface area contributed by atoms with E-state index >= 15 is 0 Å². The molecule has 3 aromatic carbocycles. The molecule has 1 aliphatic rings. The number of aryl methyl sites for hydroxylation is 1. The number of H-pyrrole nitrogens is 1. The van der Waals surface area contributed by atoms with Gasteiger partial charge in [0.05, 0.1) is 11.7 Å². The molecule has 1 unspecified atom stereocenters. The van der Waals surface area contributed by atoms with Crippen molar-refractivity contribution in [2.75, 3.05) is 33.2 Å². The minimum Gasteiger partial charge on any atom is -0.354 e. The van der Waals surface area contributed by atoms with Gasteiger partial charge in [0.1, 0.15) is 0 Å². The molecule has 152 valence electrons. The van der Waals surface area contributed by atoms with Crippen LogP contribution in [0.4, 0.5) is 0 Å². The first-order valence-electron chi connectivity index (χ1n) is 10.9. The van der Waals surface area contributed by atoms with Gasteiger partial charge in [-0.1, -0.05) is 78.4 Å². The summed E-state index contributed by atoms with van der Waals surface area (Å²) in [6.07, 6.45) is 0. The van der Waals surface area contributed by atoms with Crippen molar-refractivity contribution in [1.29, 1.82) is 0 Å². The topological polar surface area (TPSA) is 22.3 Å². The second-order valence-electron chi connectivity index (χ2n) is 8.48. The van der Waals surface area contributed by atoms with Crippen LogP contribution in [0.1, 0.15) is 22.7 Å². The average Bonchev–Trinajstić information content (AvgIpc) is 3.17. The molecule has 0 aliphatic carbocycles. The lowest BCUT2D eigenvalue weighted by atomic mass is 9.91. The molecule has 3 heteroatoms. The van der Waals surface area contributed by atoms with Crippen LogP contribution in [0.3, 0.4) is 0 Å². The average molecular weight is 396 g/mol. The van der Waals surface area contributed by atoms with E-state index in [1.165, 1.54) is 38.9 Å². The Morgan fingerprint density at radius 3 is 2.17 bits per heavy atom. The van der Waals surface area contributed by atoms with Crippen molar-refractivity contribution in [2.45, 2.75) is 13.0 Å². The maximum atomic E-state index is 3.75. The highest BCUT2D eigenvalue weighted by Gasteiger charge is 2.30. The van der Waals surface area contributed by atoms with E-state index in [0.717, 1.165) is 26.2 Å². The van der Waals surface area contributed by atoms with E-state index in [9.17, 15) is 0 Å². The minimum atomic E-state index is 0.227. The number of aromatic amines is 1. The number of aromatic nitrogens is 1. The Kier molecular flexibility index (Phi) is 5.16. The quantitative estimate of drug-likeness (QED) is 0.494. The molecular weight excluding hydrogens is 366 g/mol. The molecular formula is C27H29N3. The Labute approximate surface area is 179 Å². The highest BCUT2D eigenvalue weighted by Crippen LogP contribution is 2.40. The molecule has 4 aromatic rings. The predicted molar refractivity (Wildman–Crippen MR) is 126 cm³/mol. The third kappa shape index (κ3) is 3.55. The van der Waals surface area contributed by atoms with E-state index in [0.29, 0.717) is 0 Å². The Bertz CT molecular complexity index is 1120. The van der Waals surface area contributed by atoms with Crippen molar-refractivity contribution in [1.82, 2.24) is 14.8 Å². The van der Waals surface area contributed by atoms with E-state index in [-0.39, 0.29) is 6.04 Å². The second kappa shape index (κ2) is 8.10. The van der Waals surface area contributed by atoms with Gasteiger partial charge < -0.3 is 9.88 Å². The molecule has 1 fully saturated rings. The number of benzene rings is 3. The largest absolute Gasteiger partial charge is 0.354 e. The summed E-state index contributed by atoms with van der Waals surface area (Å²) < 4.78 is 0. The van der Waals surface area contributed by atoms with Crippen LogP contribution >= 0.6 is 0 Å². The summed E-state index contributed by atoms with van der Waals surface area (Å²) in [5, 5.41) is 1.32. The van der Waals surface area contributed by atoms with E-state index in [2.05, 4.69) is 108 Å². The highest BCUT2D eigenvalue weighted by atomic mass is 15.3. The zero-order chi connectivity index (χ0) is 20.5. The van der Waals surface area contributed by atoms with Crippen molar-refractivity contribution in [3.63, 3.8) is 0 Å². The van der Waals surface area contributed by atoms with Crippen molar-refractivity contribution < 1.29 is 0 Å². The number of rotatable bonds is 4. The summed E-state index contributed by atoms with van der Waals surface area (Å²) >= 11 is 0. The van der Waals surface area contributed by atoms with Crippen LogP contribution in [0.5, 0.6) is 0 Å². The van der Waals surface area contributed by atoms with Crippen molar-refractivity contribution in [3.8, 4) is 11.3 Å². The van der Waals surface area contributed by atoms with E-state index < -0.39 is 0 Å². The number of fused-ring (bicyclic) bond motifs is 1. The molecule has 1 atom stereocenters. The fourth-order valence-corrected chi connectivity index (χ4v) is 4.67. The normalized spacial score (nSPS) is 16.7. The molecule has 2 heterocycles. The molecule has 1 N–H and O–H groups in total.